The number of nitrogens with zero attached hydrogens (tertiary/aromatic N) is 2. The molecule has 0 saturated carbocycles. The standard InChI is InChI=1S/C13H14BrClN2S/c1-17(7-10-2-4-11(14)5-3-10)8-13-16-12(6-15)9-18-13/h2-5,9H,6-8H2,1H3. The van der Waals surface area contributed by atoms with E-state index in [-0.39, 0.29) is 0 Å². The highest BCUT2D eigenvalue weighted by Gasteiger charge is 2.06. The van der Waals surface area contributed by atoms with Gasteiger partial charge in [-0.25, -0.2) is 4.98 Å². The Morgan fingerprint density at radius 1 is 1.28 bits per heavy atom. The maximum Gasteiger partial charge on any atom is 0.107 e. The van der Waals surface area contributed by atoms with Crippen molar-refractivity contribution < 1.29 is 0 Å². The minimum Gasteiger partial charge on any atom is -0.295 e. The van der Waals surface area contributed by atoms with Crippen LogP contribution in [0.25, 0.3) is 0 Å². The molecule has 2 rings (SSSR count). The molecule has 96 valence electrons. The highest BCUT2D eigenvalue weighted by atomic mass is 79.9. The zero-order valence-electron chi connectivity index (χ0n) is 10.1. The number of aromatic nitrogens is 1. The van der Waals surface area contributed by atoms with Gasteiger partial charge in [0, 0.05) is 16.4 Å². The zero-order chi connectivity index (χ0) is 13.0. The monoisotopic (exact) mass is 344 g/mol. The van der Waals surface area contributed by atoms with Crippen LogP contribution in [-0.4, -0.2) is 16.9 Å². The number of hydrogen-bond acceptors (Lipinski definition) is 3. The number of alkyl halides is 1. The number of rotatable bonds is 5. The largest absolute Gasteiger partial charge is 0.295 e. The van der Waals surface area contributed by atoms with Gasteiger partial charge in [-0.15, -0.1) is 22.9 Å². The maximum atomic E-state index is 5.75. The summed E-state index contributed by atoms with van der Waals surface area (Å²) >= 11 is 10.9. The van der Waals surface area contributed by atoms with Gasteiger partial charge in [-0.2, -0.15) is 0 Å². The third-order valence-corrected chi connectivity index (χ3v) is 4.19. The average Bonchev–Trinajstić information content (AvgIpc) is 2.79. The van der Waals surface area contributed by atoms with Gasteiger partial charge in [-0.05, 0) is 24.7 Å². The molecule has 1 aromatic heterocycles. The van der Waals surface area contributed by atoms with Crippen LogP contribution in [-0.2, 0) is 19.0 Å². The number of thiazole rings is 1. The second kappa shape index (κ2) is 6.66. The predicted octanol–water partition coefficient (Wildman–Crippen LogP) is 4.28. The highest BCUT2D eigenvalue weighted by Crippen LogP contribution is 2.16. The van der Waals surface area contributed by atoms with E-state index >= 15 is 0 Å². The van der Waals surface area contributed by atoms with E-state index in [1.807, 2.05) is 5.38 Å². The molecule has 0 saturated heterocycles. The second-order valence-electron chi connectivity index (χ2n) is 4.16. The molecule has 1 heterocycles. The van der Waals surface area contributed by atoms with Crippen LogP contribution >= 0.6 is 38.9 Å². The molecule has 0 aliphatic carbocycles. The Morgan fingerprint density at radius 2 is 2.00 bits per heavy atom. The van der Waals surface area contributed by atoms with Gasteiger partial charge >= 0.3 is 0 Å². The van der Waals surface area contributed by atoms with Gasteiger partial charge in [0.1, 0.15) is 5.01 Å². The molecule has 1 aromatic carbocycles. The SMILES string of the molecule is CN(Cc1ccc(Br)cc1)Cc1nc(CCl)cs1. The normalized spacial score (nSPS) is 11.1. The highest BCUT2D eigenvalue weighted by molar-refractivity contribution is 9.10. The van der Waals surface area contributed by atoms with Crippen molar-refractivity contribution in [3.63, 3.8) is 0 Å². The van der Waals surface area contributed by atoms with E-state index < -0.39 is 0 Å². The van der Waals surface area contributed by atoms with Gasteiger partial charge in [-0.3, -0.25) is 4.90 Å². The Bertz CT molecular complexity index is 498. The van der Waals surface area contributed by atoms with Gasteiger partial charge in [0.2, 0.25) is 0 Å². The lowest BCUT2D eigenvalue weighted by Crippen LogP contribution is -2.17. The molecule has 0 spiro atoms. The van der Waals surface area contributed by atoms with E-state index in [2.05, 4.69) is 57.1 Å². The van der Waals surface area contributed by atoms with E-state index in [1.54, 1.807) is 11.3 Å². The minimum absolute atomic E-state index is 0.493. The van der Waals surface area contributed by atoms with Gasteiger partial charge in [-0.1, -0.05) is 28.1 Å². The Labute approximate surface area is 125 Å². The lowest BCUT2D eigenvalue weighted by Gasteiger charge is -2.15. The first-order chi connectivity index (χ1) is 8.67. The van der Waals surface area contributed by atoms with Crippen LogP contribution < -0.4 is 0 Å². The van der Waals surface area contributed by atoms with E-state index in [4.69, 9.17) is 11.6 Å². The Balaban J connectivity index is 1.91. The molecule has 0 amide bonds. The second-order valence-corrected chi connectivity index (χ2v) is 6.29. The summed E-state index contributed by atoms with van der Waals surface area (Å²) in [6.07, 6.45) is 0. The van der Waals surface area contributed by atoms with E-state index in [9.17, 15) is 0 Å². The number of halogens is 2. The summed E-state index contributed by atoms with van der Waals surface area (Å²) < 4.78 is 1.11. The third-order valence-electron chi connectivity index (χ3n) is 2.51. The topological polar surface area (TPSA) is 16.1 Å². The quantitative estimate of drug-likeness (QED) is 0.752. The van der Waals surface area contributed by atoms with Gasteiger partial charge in [0.05, 0.1) is 18.1 Å². The summed E-state index contributed by atoms with van der Waals surface area (Å²) in [7, 11) is 2.10. The van der Waals surface area contributed by atoms with Crippen molar-refractivity contribution in [2.45, 2.75) is 19.0 Å². The third kappa shape index (κ3) is 4.05. The van der Waals surface area contributed by atoms with Gasteiger partial charge < -0.3 is 0 Å². The smallest absolute Gasteiger partial charge is 0.107 e. The molecule has 0 bridgehead atoms. The Kier molecular flexibility index (Phi) is 5.18. The van der Waals surface area contributed by atoms with Crippen LogP contribution in [0.4, 0.5) is 0 Å². The van der Waals surface area contributed by atoms with Crippen molar-refractivity contribution >= 4 is 38.9 Å². The summed E-state index contributed by atoms with van der Waals surface area (Å²) in [6.45, 7) is 1.78. The first-order valence-electron chi connectivity index (χ1n) is 5.59. The van der Waals surface area contributed by atoms with Crippen LogP contribution in [0.2, 0.25) is 0 Å². The van der Waals surface area contributed by atoms with E-state index in [0.717, 1.165) is 28.3 Å². The summed E-state index contributed by atoms with van der Waals surface area (Å²) in [4.78, 5) is 6.71. The first kappa shape index (κ1) is 14.0. The molecule has 0 fully saturated rings. The molecule has 0 aliphatic rings. The fourth-order valence-electron chi connectivity index (χ4n) is 1.67. The van der Waals surface area contributed by atoms with Crippen LogP contribution in [0.3, 0.4) is 0 Å². The summed E-state index contributed by atoms with van der Waals surface area (Å²) in [5, 5.41) is 3.14. The molecule has 5 heteroatoms. The Morgan fingerprint density at radius 3 is 2.61 bits per heavy atom. The predicted molar refractivity (Wildman–Crippen MR) is 81.0 cm³/mol. The van der Waals surface area contributed by atoms with Crippen molar-refractivity contribution in [2.24, 2.45) is 0 Å². The fourth-order valence-corrected chi connectivity index (χ4v) is 3.04. The van der Waals surface area contributed by atoms with Crippen molar-refractivity contribution in [1.29, 1.82) is 0 Å². The van der Waals surface area contributed by atoms with Crippen LogP contribution in [0.15, 0.2) is 34.1 Å². The zero-order valence-corrected chi connectivity index (χ0v) is 13.2. The van der Waals surface area contributed by atoms with E-state index in [0.29, 0.717) is 5.88 Å². The fraction of sp³-hybridized carbons (Fsp3) is 0.308. The van der Waals surface area contributed by atoms with Crippen LogP contribution in [0.1, 0.15) is 16.3 Å². The molecule has 0 radical (unpaired) electrons. The van der Waals surface area contributed by atoms with Crippen LogP contribution in [0, 0.1) is 0 Å². The summed E-state index contributed by atoms with van der Waals surface area (Å²) in [5.74, 6) is 0.493. The molecular weight excluding hydrogens is 332 g/mol. The molecule has 0 atom stereocenters. The van der Waals surface area contributed by atoms with Crippen molar-refractivity contribution in [3.05, 3.63) is 50.4 Å². The number of benzene rings is 1. The molecule has 0 N–H and O–H groups in total. The average molecular weight is 346 g/mol. The molecule has 2 aromatic rings. The van der Waals surface area contributed by atoms with Crippen molar-refractivity contribution in [3.8, 4) is 0 Å². The summed E-state index contributed by atoms with van der Waals surface area (Å²) in [6, 6.07) is 8.40. The molecular formula is C13H14BrClN2S. The number of hydrogen-bond donors (Lipinski definition) is 0. The van der Waals surface area contributed by atoms with Crippen molar-refractivity contribution in [1.82, 2.24) is 9.88 Å². The Hall–Kier alpha value is -0.420. The first-order valence-corrected chi connectivity index (χ1v) is 7.80. The lowest BCUT2D eigenvalue weighted by atomic mass is 10.2. The molecule has 18 heavy (non-hydrogen) atoms. The summed E-state index contributed by atoms with van der Waals surface area (Å²) in [5.41, 5.74) is 2.27. The lowest BCUT2D eigenvalue weighted by molar-refractivity contribution is 0.318. The minimum atomic E-state index is 0.493. The molecule has 2 nitrogen and oxygen atoms in total. The van der Waals surface area contributed by atoms with E-state index in [1.165, 1.54) is 5.56 Å². The maximum absolute atomic E-state index is 5.75. The van der Waals surface area contributed by atoms with Crippen molar-refractivity contribution in [2.75, 3.05) is 7.05 Å². The van der Waals surface area contributed by atoms with Gasteiger partial charge in [0.15, 0.2) is 0 Å². The molecule has 0 aliphatic heterocycles. The molecule has 0 unspecified atom stereocenters. The van der Waals surface area contributed by atoms with Gasteiger partial charge in [0.25, 0.3) is 0 Å². The van der Waals surface area contributed by atoms with Crippen LogP contribution in [0.5, 0.6) is 0 Å².